The number of anilines is 1. The van der Waals surface area contributed by atoms with Crippen LogP contribution in [0.2, 0.25) is 10.0 Å². The normalized spacial score (nSPS) is 11.0. The monoisotopic (exact) mass is 596 g/mol. The maximum Gasteiger partial charge on any atom is 0.266 e. The zero-order valence-corrected chi connectivity index (χ0v) is 20.8. The zero-order valence-electron chi connectivity index (χ0n) is 17.2. The summed E-state index contributed by atoms with van der Waals surface area (Å²) >= 11 is 14.1. The summed E-state index contributed by atoms with van der Waals surface area (Å²) in [5.74, 6) is -0.407. The van der Waals surface area contributed by atoms with E-state index in [0.717, 1.165) is 5.56 Å². The van der Waals surface area contributed by atoms with Crippen LogP contribution in [0.5, 0.6) is 11.5 Å². The van der Waals surface area contributed by atoms with E-state index in [-0.39, 0.29) is 17.9 Å². The summed E-state index contributed by atoms with van der Waals surface area (Å²) in [4.78, 5) is 12.5. The van der Waals surface area contributed by atoms with E-state index < -0.39 is 11.7 Å². The molecule has 3 rings (SSSR count). The Labute approximate surface area is 213 Å². The van der Waals surface area contributed by atoms with Gasteiger partial charge in [-0.15, -0.1) is 0 Å². The van der Waals surface area contributed by atoms with Gasteiger partial charge in [-0.1, -0.05) is 41.4 Å². The average molecular weight is 597 g/mol. The molecule has 0 aliphatic carbocycles. The van der Waals surface area contributed by atoms with E-state index in [2.05, 4.69) is 27.9 Å². The standard InChI is InChI=1S/C24H16Cl2FIN2O3/c1-32-22-11-15(8-16(12-29)24(31)30-21-5-3-2-4-19(21)27)10-20(28)23(22)33-13-14-6-7-17(25)18(26)9-14/h2-11H,13H2,1H3,(H,30,31)/b16-8-. The van der Waals surface area contributed by atoms with Crippen LogP contribution < -0.4 is 14.8 Å². The lowest BCUT2D eigenvalue weighted by Gasteiger charge is -2.14. The maximum atomic E-state index is 13.8. The Hall–Kier alpha value is -2.80. The minimum atomic E-state index is -0.725. The number of benzene rings is 3. The van der Waals surface area contributed by atoms with Gasteiger partial charge in [0.2, 0.25) is 0 Å². The maximum absolute atomic E-state index is 13.8. The molecule has 3 aromatic rings. The number of amides is 1. The van der Waals surface area contributed by atoms with Gasteiger partial charge in [-0.3, -0.25) is 4.79 Å². The molecule has 0 atom stereocenters. The first-order chi connectivity index (χ1) is 15.8. The molecule has 33 heavy (non-hydrogen) atoms. The second-order valence-corrected chi connectivity index (χ2v) is 8.65. The molecule has 0 aromatic heterocycles. The lowest BCUT2D eigenvalue weighted by Crippen LogP contribution is -2.14. The average Bonchev–Trinajstić information content (AvgIpc) is 2.80. The van der Waals surface area contributed by atoms with Crippen molar-refractivity contribution in [3.05, 3.63) is 90.7 Å². The van der Waals surface area contributed by atoms with Crippen LogP contribution >= 0.6 is 45.8 Å². The number of nitrogens with one attached hydrogen (secondary N) is 1. The molecular formula is C24H16Cl2FIN2O3. The number of hydrogen-bond acceptors (Lipinski definition) is 4. The predicted octanol–water partition coefficient (Wildman–Crippen LogP) is 6.87. The molecule has 0 unspecified atom stereocenters. The highest BCUT2D eigenvalue weighted by Gasteiger charge is 2.15. The van der Waals surface area contributed by atoms with Gasteiger partial charge in [0, 0.05) is 0 Å². The van der Waals surface area contributed by atoms with Crippen molar-refractivity contribution in [3.63, 3.8) is 0 Å². The summed E-state index contributed by atoms with van der Waals surface area (Å²) in [6, 6.07) is 16.1. The number of halogens is 4. The summed E-state index contributed by atoms with van der Waals surface area (Å²) in [6.45, 7) is 0.229. The Morgan fingerprint density at radius 3 is 2.61 bits per heavy atom. The van der Waals surface area contributed by atoms with Crippen molar-refractivity contribution in [2.45, 2.75) is 6.61 Å². The van der Waals surface area contributed by atoms with Gasteiger partial charge in [0.05, 0.1) is 26.4 Å². The Kier molecular flexibility index (Phi) is 8.55. The third-order valence-electron chi connectivity index (χ3n) is 4.42. The third kappa shape index (κ3) is 6.38. The first-order valence-corrected chi connectivity index (χ1v) is 11.3. The van der Waals surface area contributed by atoms with Gasteiger partial charge in [0.25, 0.3) is 5.91 Å². The van der Waals surface area contributed by atoms with Gasteiger partial charge in [-0.05, 0) is 76.2 Å². The first-order valence-electron chi connectivity index (χ1n) is 9.44. The van der Waals surface area contributed by atoms with Crippen molar-refractivity contribution in [2.24, 2.45) is 0 Å². The number of para-hydroxylation sites is 1. The summed E-state index contributed by atoms with van der Waals surface area (Å²) in [7, 11) is 1.49. The Morgan fingerprint density at radius 1 is 1.18 bits per heavy atom. The van der Waals surface area contributed by atoms with E-state index in [9.17, 15) is 14.4 Å². The van der Waals surface area contributed by atoms with E-state index in [0.29, 0.717) is 30.7 Å². The minimum Gasteiger partial charge on any atom is -0.493 e. The Bertz CT molecular complexity index is 1280. The van der Waals surface area contributed by atoms with E-state index in [1.807, 2.05) is 6.07 Å². The van der Waals surface area contributed by atoms with Crippen LogP contribution in [-0.2, 0) is 11.4 Å². The number of nitrogens with zero attached hydrogens (tertiary/aromatic N) is 1. The number of nitriles is 1. The van der Waals surface area contributed by atoms with Crippen LogP contribution in [-0.4, -0.2) is 13.0 Å². The van der Waals surface area contributed by atoms with Crippen LogP contribution in [0.15, 0.2) is 60.2 Å². The zero-order chi connectivity index (χ0) is 24.0. The van der Waals surface area contributed by atoms with Crippen LogP contribution in [0.3, 0.4) is 0 Å². The molecule has 168 valence electrons. The molecule has 1 amide bonds. The van der Waals surface area contributed by atoms with Crippen LogP contribution in [0.4, 0.5) is 10.1 Å². The van der Waals surface area contributed by atoms with Gasteiger partial charge in [-0.25, -0.2) is 4.39 Å². The molecule has 0 fully saturated rings. The lowest BCUT2D eigenvalue weighted by atomic mass is 10.1. The van der Waals surface area contributed by atoms with E-state index in [4.69, 9.17) is 32.7 Å². The van der Waals surface area contributed by atoms with Crippen molar-refractivity contribution < 1.29 is 18.7 Å². The fourth-order valence-corrected chi connectivity index (χ4v) is 3.92. The van der Waals surface area contributed by atoms with Gasteiger partial charge >= 0.3 is 0 Å². The molecule has 0 aliphatic rings. The number of carbonyl (C=O) groups is 1. The van der Waals surface area contributed by atoms with Gasteiger partial charge in [0.1, 0.15) is 24.1 Å². The fraction of sp³-hybridized carbons (Fsp3) is 0.0833. The molecule has 0 radical (unpaired) electrons. The quantitative estimate of drug-likeness (QED) is 0.184. The number of carbonyl (C=O) groups excluding carboxylic acids is 1. The number of hydrogen-bond donors (Lipinski definition) is 1. The first kappa shape index (κ1) is 24.8. The number of rotatable bonds is 7. The molecule has 0 spiro atoms. The van der Waals surface area contributed by atoms with Gasteiger partial charge in [-0.2, -0.15) is 5.26 Å². The third-order valence-corrected chi connectivity index (χ3v) is 5.96. The van der Waals surface area contributed by atoms with E-state index >= 15 is 0 Å². The molecule has 0 bridgehead atoms. The summed E-state index contributed by atoms with van der Waals surface area (Å²) in [6.07, 6.45) is 1.39. The van der Waals surface area contributed by atoms with Crippen molar-refractivity contribution >= 4 is 63.5 Å². The number of methoxy groups -OCH3 is 1. The molecule has 5 nitrogen and oxygen atoms in total. The van der Waals surface area contributed by atoms with Crippen molar-refractivity contribution in [1.82, 2.24) is 0 Å². The smallest absolute Gasteiger partial charge is 0.266 e. The molecular weight excluding hydrogens is 581 g/mol. The topological polar surface area (TPSA) is 71.3 Å². The molecule has 0 saturated carbocycles. The lowest BCUT2D eigenvalue weighted by molar-refractivity contribution is -0.112. The second kappa shape index (κ2) is 11.4. The van der Waals surface area contributed by atoms with Gasteiger partial charge < -0.3 is 14.8 Å². The van der Waals surface area contributed by atoms with Crippen LogP contribution in [0.1, 0.15) is 11.1 Å². The summed E-state index contributed by atoms with van der Waals surface area (Å²) in [5.41, 5.74) is 1.16. The van der Waals surface area contributed by atoms with E-state index in [1.54, 1.807) is 36.4 Å². The van der Waals surface area contributed by atoms with Crippen molar-refractivity contribution in [3.8, 4) is 17.6 Å². The molecule has 0 aliphatic heterocycles. The summed E-state index contributed by atoms with van der Waals surface area (Å²) in [5, 5.41) is 12.7. The highest BCUT2D eigenvalue weighted by molar-refractivity contribution is 14.1. The molecule has 1 N–H and O–H groups in total. The molecule has 0 saturated heterocycles. The Balaban J connectivity index is 1.83. The predicted molar refractivity (Wildman–Crippen MR) is 135 cm³/mol. The van der Waals surface area contributed by atoms with Crippen molar-refractivity contribution in [1.29, 1.82) is 5.26 Å². The molecule has 9 heteroatoms. The summed E-state index contributed by atoms with van der Waals surface area (Å²) < 4.78 is 25.9. The fourth-order valence-electron chi connectivity index (χ4n) is 2.82. The Morgan fingerprint density at radius 2 is 1.94 bits per heavy atom. The molecule has 3 aromatic carbocycles. The highest BCUT2D eigenvalue weighted by Crippen LogP contribution is 2.35. The highest BCUT2D eigenvalue weighted by atomic mass is 127. The molecule has 0 heterocycles. The van der Waals surface area contributed by atoms with E-state index in [1.165, 1.54) is 31.4 Å². The largest absolute Gasteiger partial charge is 0.493 e. The van der Waals surface area contributed by atoms with Crippen molar-refractivity contribution in [2.75, 3.05) is 12.4 Å². The SMILES string of the molecule is COc1cc(/C=C(/C#N)C(=O)Nc2ccccc2F)cc(I)c1OCc1ccc(Cl)c(Cl)c1. The second-order valence-electron chi connectivity index (χ2n) is 6.68. The van der Waals surface area contributed by atoms with Crippen LogP contribution in [0, 0.1) is 20.7 Å². The number of ether oxygens (including phenoxy) is 2. The minimum absolute atomic E-state index is 0.0122. The van der Waals surface area contributed by atoms with Crippen LogP contribution in [0.25, 0.3) is 6.08 Å². The van der Waals surface area contributed by atoms with Gasteiger partial charge in [0.15, 0.2) is 11.5 Å².